The Morgan fingerprint density at radius 2 is 1.77 bits per heavy atom. The third-order valence-electron chi connectivity index (χ3n) is 6.60. The van der Waals surface area contributed by atoms with Gasteiger partial charge in [-0.05, 0) is 55.0 Å². The first-order valence-corrected chi connectivity index (χ1v) is 11.5. The predicted molar refractivity (Wildman–Crippen MR) is 124 cm³/mol. The molecular formula is C26H33N3O2. The number of nitrogens with one attached hydrogen (secondary N) is 1. The smallest absolute Gasteiger partial charge is 0.225 e. The van der Waals surface area contributed by atoms with Crippen molar-refractivity contribution >= 4 is 17.5 Å². The molecule has 2 aromatic rings. The molecule has 2 aliphatic heterocycles. The Labute approximate surface area is 185 Å². The molecule has 0 saturated carbocycles. The summed E-state index contributed by atoms with van der Waals surface area (Å²) in [5.74, 6) is -0.127. The largest absolute Gasteiger partial charge is 0.371 e. The maximum Gasteiger partial charge on any atom is 0.225 e. The van der Waals surface area contributed by atoms with Crippen LogP contribution in [0, 0.1) is 12.8 Å². The molecule has 2 aromatic carbocycles. The monoisotopic (exact) mass is 419 g/mol. The van der Waals surface area contributed by atoms with Crippen molar-refractivity contribution in [1.82, 2.24) is 10.2 Å². The van der Waals surface area contributed by atoms with Gasteiger partial charge in [0.15, 0.2) is 0 Å². The van der Waals surface area contributed by atoms with Crippen molar-refractivity contribution < 1.29 is 9.59 Å². The van der Waals surface area contributed by atoms with Crippen LogP contribution in [0.4, 0.5) is 5.69 Å². The third-order valence-corrected chi connectivity index (χ3v) is 6.60. The van der Waals surface area contributed by atoms with Gasteiger partial charge in [0, 0.05) is 44.3 Å². The molecule has 0 aliphatic carbocycles. The van der Waals surface area contributed by atoms with Crippen LogP contribution in [0.3, 0.4) is 0 Å². The van der Waals surface area contributed by atoms with Gasteiger partial charge in [0.2, 0.25) is 11.8 Å². The number of rotatable bonds is 6. The van der Waals surface area contributed by atoms with Gasteiger partial charge in [-0.2, -0.15) is 0 Å². The highest BCUT2D eigenvalue weighted by Gasteiger charge is 2.35. The van der Waals surface area contributed by atoms with Gasteiger partial charge in [-0.3, -0.25) is 9.59 Å². The van der Waals surface area contributed by atoms with E-state index in [1.165, 1.54) is 16.8 Å². The van der Waals surface area contributed by atoms with Gasteiger partial charge in [-0.15, -0.1) is 0 Å². The molecule has 2 saturated heterocycles. The number of anilines is 1. The van der Waals surface area contributed by atoms with Crippen molar-refractivity contribution in [2.75, 3.05) is 24.5 Å². The summed E-state index contributed by atoms with van der Waals surface area (Å²) < 4.78 is 0. The lowest BCUT2D eigenvalue weighted by Gasteiger charge is -2.34. The Hall–Kier alpha value is -2.82. The number of carbonyl (C=O) groups is 2. The number of benzene rings is 2. The first-order valence-electron chi connectivity index (χ1n) is 11.5. The van der Waals surface area contributed by atoms with Gasteiger partial charge < -0.3 is 15.1 Å². The number of carbonyl (C=O) groups excluding carboxylic acids is 2. The number of hydrogen-bond acceptors (Lipinski definition) is 3. The molecule has 1 atom stereocenters. The summed E-state index contributed by atoms with van der Waals surface area (Å²) in [4.78, 5) is 29.5. The van der Waals surface area contributed by atoms with Gasteiger partial charge in [-0.1, -0.05) is 43.3 Å². The number of aryl methyl sites for hydroxylation is 2. The molecule has 2 aliphatic rings. The predicted octanol–water partition coefficient (Wildman–Crippen LogP) is 3.69. The molecule has 1 N–H and O–H groups in total. The second kappa shape index (κ2) is 9.54. The van der Waals surface area contributed by atoms with E-state index in [9.17, 15) is 9.59 Å². The van der Waals surface area contributed by atoms with Crippen LogP contribution < -0.4 is 10.2 Å². The molecule has 2 fully saturated rings. The quantitative estimate of drug-likeness (QED) is 0.777. The molecule has 0 aromatic heterocycles. The van der Waals surface area contributed by atoms with E-state index < -0.39 is 0 Å². The van der Waals surface area contributed by atoms with Crippen molar-refractivity contribution in [2.24, 2.45) is 5.92 Å². The van der Waals surface area contributed by atoms with Crippen LogP contribution in [0.2, 0.25) is 0 Å². The van der Waals surface area contributed by atoms with Crippen molar-refractivity contribution in [2.45, 2.75) is 52.1 Å². The van der Waals surface area contributed by atoms with Crippen LogP contribution in [-0.2, 0) is 22.6 Å². The van der Waals surface area contributed by atoms with Crippen molar-refractivity contribution in [3.05, 3.63) is 65.2 Å². The molecular weight excluding hydrogens is 386 g/mol. The average molecular weight is 420 g/mol. The molecule has 5 nitrogen and oxygen atoms in total. The van der Waals surface area contributed by atoms with Crippen LogP contribution in [-0.4, -0.2) is 42.4 Å². The first-order chi connectivity index (χ1) is 15.0. The van der Waals surface area contributed by atoms with Crippen molar-refractivity contribution in [3.8, 4) is 0 Å². The van der Waals surface area contributed by atoms with Crippen LogP contribution >= 0.6 is 0 Å². The zero-order valence-electron chi connectivity index (χ0n) is 18.6. The van der Waals surface area contributed by atoms with E-state index in [2.05, 4.69) is 72.6 Å². The fourth-order valence-electron chi connectivity index (χ4n) is 4.63. The SMILES string of the molecule is CCc1ccc(CN2CC(C(=O)NC3CCN(c4cccc(C)c4)CC3)CC2=O)cc1. The number of piperidine rings is 1. The lowest BCUT2D eigenvalue weighted by atomic mass is 10.0. The van der Waals surface area contributed by atoms with Gasteiger partial charge in [0.05, 0.1) is 5.92 Å². The van der Waals surface area contributed by atoms with Gasteiger partial charge >= 0.3 is 0 Å². The van der Waals surface area contributed by atoms with E-state index in [1.54, 1.807) is 0 Å². The van der Waals surface area contributed by atoms with Crippen LogP contribution in [0.25, 0.3) is 0 Å². The molecule has 164 valence electrons. The second-order valence-corrected chi connectivity index (χ2v) is 8.95. The van der Waals surface area contributed by atoms with E-state index in [-0.39, 0.29) is 23.8 Å². The fourth-order valence-corrected chi connectivity index (χ4v) is 4.63. The highest BCUT2D eigenvalue weighted by molar-refractivity contribution is 5.89. The average Bonchev–Trinajstić information content (AvgIpc) is 3.15. The minimum atomic E-state index is -0.239. The van der Waals surface area contributed by atoms with Gasteiger partial charge in [0.1, 0.15) is 0 Å². The minimum Gasteiger partial charge on any atom is -0.371 e. The molecule has 5 heteroatoms. The number of nitrogens with zero attached hydrogens (tertiary/aromatic N) is 2. The maximum atomic E-state index is 12.8. The minimum absolute atomic E-state index is 0.0335. The summed E-state index contributed by atoms with van der Waals surface area (Å²) in [6.45, 7) is 7.23. The van der Waals surface area contributed by atoms with Gasteiger partial charge in [0.25, 0.3) is 0 Å². The van der Waals surface area contributed by atoms with E-state index in [0.29, 0.717) is 19.5 Å². The molecule has 2 heterocycles. The number of amides is 2. The summed E-state index contributed by atoms with van der Waals surface area (Å²) in [6, 6.07) is 17.2. The summed E-state index contributed by atoms with van der Waals surface area (Å²) in [5, 5.41) is 3.22. The lowest BCUT2D eigenvalue weighted by Crippen LogP contribution is -2.46. The molecule has 2 amide bonds. The van der Waals surface area contributed by atoms with Crippen molar-refractivity contribution in [3.63, 3.8) is 0 Å². The van der Waals surface area contributed by atoms with E-state index in [1.807, 2.05) is 4.90 Å². The molecule has 0 spiro atoms. The van der Waals surface area contributed by atoms with E-state index in [0.717, 1.165) is 37.9 Å². The van der Waals surface area contributed by atoms with Gasteiger partial charge in [-0.25, -0.2) is 0 Å². The van der Waals surface area contributed by atoms with Crippen molar-refractivity contribution in [1.29, 1.82) is 0 Å². The Morgan fingerprint density at radius 1 is 1.06 bits per heavy atom. The molecule has 0 bridgehead atoms. The van der Waals surface area contributed by atoms with E-state index in [4.69, 9.17) is 0 Å². The zero-order chi connectivity index (χ0) is 21.8. The van der Waals surface area contributed by atoms with Crippen LogP contribution in [0.15, 0.2) is 48.5 Å². The molecule has 31 heavy (non-hydrogen) atoms. The standard InChI is InChI=1S/C26H33N3O2/c1-3-20-7-9-21(10-8-20)17-29-18-22(16-25(29)30)26(31)27-23-11-13-28(14-12-23)24-6-4-5-19(2)15-24/h4-10,15,22-23H,3,11-14,16-18H2,1-2H3,(H,27,31). The normalized spacial score (nSPS) is 19.7. The summed E-state index contributed by atoms with van der Waals surface area (Å²) in [6.07, 6.45) is 3.21. The Kier molecular flexibility index (Phi) is 6.59. The first kappa shape index (κ1) is 21.4. The molecule has 0 radical (unpaired) electrons. The highest BCUT2D eigenvalue weighted by Crippen LogP contribution is 2.23. The molecule has 1 unspecified atom stereocenters. The second-order valence-electron chi connectivity index (χ2n) is 8.95. The maximum absolute atomic E-state index is 12.8. The topological polar surface area (TPSA) is 52.7 Å². The number of likely N-dealkylation sites (tertiary alicyclic amines) is 1. The number of hydrogen-bond donors (Lipinski definition) is 1. The zero-order valence-corrected chi connectivity index (χ0v) is 18.6. The van der Waals surface area contributed by atoms with Crippen LogP contribution in [0.1, 0.15) is 42.9 Å². The van der Waals surface area contributed by atoms with E-state index >= 15 is 0 Å². The third kappa shape index (κ3) is 5.27. The van der Waals surface area contributed by atoms with Crippen LogP contribution in [0.5, 0.6) is 0 Å². The summed E-state index contributed by atoms with van der Waals surface area (Å²) in [5.41, 5.74) is 4.94. The Balaban J connectivity index is 1.26. The summed E-state index contributed by atoms with van der Waals surface area (Å²) in [7, 11) is 0. The molecule has 4 rings (SSSR count). The Bertz CT molecular complexity index is 917. The lowest BCUT2D eigenvalue weighted by molar-refractivity contribution is -0.129. The summed E-state index contributed by atoms with van der Waals surface area (Å²) >= 11 is 0. The highest BCUT2D eigenvalue weighted by atomic mass is 16.2. The fraction of sp³-hybridized carbons (Fsp3) is 0.462. The Morgan fingerprint density at radius 3 is 2.45 bits per heavy atom.